The lowest BCUT2D eigenvalue weighted by Crippen LogP contribution is -2.51. The van der Waals surface area contributed by atoms with E-state index < -0.39 is 5.54 Å². The van der Waals surface area contributed by atoms with E-state index in [0.29, 0.717) is 12.6 Å². The first-order valence-electron chi connectivity index (χ1n) is 5.07. The van der Waals surface area contributed by atoms with Gasteiger partial charge in [-0.1, -0.05) is 0 Å². The summed E-state index contributed by atoms with van der Waals surface area (Å²) < 4.78 is 4.97. The molecule has 3 nitrogen and oxygen atoms in total. The minimum Gasteiger partial charge on any atom is -0.464 e. The minimum absolute atomic E-state index is 0.0833. The molecule has 2 fully saturated rings. The van der Waals surface area contributed by atoms with Gasteiger partial charge in [-0.2, -0.15) is 0 Å². The van der Waals surface area contributed by atoms with Crippen molar-refractivity contribution in [3.8, 4) is 0 Å². The van der Waals surface area contributed by atoms with Gasteiger partial charge in [0.2, 0.25) is 0 Å². The third-order valence-electron chi connectivity index (χ3n) is 3.16. The Balaban J connectivity index is 1.94. The maximum atomic E-state index is 11.4. The number of carbonyl (C=O) groups is 1. The van der Waals surface area contributed by atoms with Crippen LogP contribution in [0.15, 0.2) is 0 Å². The highest BCUT2D eigenvalue weighted by Gasteiger charge is 2.42. The predicted molar refractivity (Wildman–Crippen MR) is 49.3 cm³/mol. The van der Waals surface area contributed by atoms with Crippen molar-refractivity contribution in [1.82, 2.24) is 5.32 Å². The summed E-state index contributed by atoms with van der Waals surface area (Å²) in [5.74, 6) is 0.699. The Labute approximate surface area is 78.8 Å². The molecule has 0 bridgehead atoms. The second-order valence-corrected chi connectivity index (χ2v) is 4.49. The van der Waals surface area contributed by atoms with Gasteiger partial charge in [-0.25, -0.2) is 0 Å². The zero-order valence-electron chi connectivity index (χ0n) is 8.30. The molecule has 1 N–H and O–H groups in total. The van der Waals surface area contributed by atoms with Crippen molar-refractivity contribution in [2.24, 2.45) is 5.92 Å². The smallest absolute Gasteiger partial charge is 0.326 e. The molecule has 0 spiro atoms. The van der Waals surface area contributed by atoms with Gasteiger partial charge in [-0.3, -0.25) is 10.1 Å². The maximum absolute atomic E-state index is 11.4. The summed E-state index contributed by atoms with van der Waals surface area (Å²) in [7, 11) is 0. The van der Waals surface area contributed by atoms with Crippen LogP contribution in [0.4, 0.5) is 0 Å². The van der Waals surface area contributed by atoms with Crippen molar-refractivity contribution in [1.29, 1.82) is 0 Å². The van der Waals surface area contributed by atoms with Crippen LogP contribution < -0.4 is 5.32 Å². The van der Waals surface area contributed by atoms with Crippen LogP contribution in [0.2, 0.25) is 0 Å². The molecule has 0 aromatic carbocycles. The molecule has 0 amide bonds. The number of rotatable bonds is 3. The molecule has 1 aliphatic carbocycles. The summed E-state index contributed by atoms with van der Waals surface area (Å²) in [5, 5.41) is 3.39. The molecule has 1 saturated carbocycles. The van der Waals surface area contributed by atoms with E-state index >= 15 is 0 Å². The standard InChI is InChI=1S/C10H17NO2/c1-7(8-3-4-8)11-10(2)5-6-13-9(10)12/h7-8,11H,3-6H2,1-2H3. The maximum Gasteiger partial charge on any atom is 0.326 e. The highest BCUT2D eigenvalue weighted by molar-refractivity contribution is 5.82. The van der Waals surface area contributed by atoms with Crippen LogP contribution in [0.3, 0.4) is 0 Å². The number of nitrogens with one attached hydrogen (secondary N) is 1. The fourth-order valence-corrected chi connectivity index (χ4v) is 1.96. The molecule has 0 aromatic rings. The quantitative estimate of drug-likeness (QED) is 0.665. The Bertz CT molecular complexity index is 225. The highest BCUT2D eigenvalue weighted by atomic mass is 16.5. The Morgan fingerprint density at radius 3 is 2.77 bits per heavy atom. The van der Waals surface area contributed by atoms with Gasteiger partial charge in [-0.15, -0.1) is 0 Å². The van der Waals surface area contributed by atoms with Crippen LogP contribution in [0.1, 0.15) is 33.1 Å². The largest absolute Gasteiger partial charge is 0.464 e. The van der Waals surface area contributed by atoms with Gasteiger partial charge in [-0.05, 0) is 32.6 Å². The van der Waals surface area contributed by atoms with Gasteiger partial charge in [0.05, 0.1) is 6.61 Å². The van der Waals surface area contributed by atoms with Crippen molar-refractivity contribution in [3.63, 3.8) is 0 Å². The molecule has 74 valence electrons. The van der Waals surface area contributed by atoms with Crippen LogP contribution in [0.25, 0.3) is 0 Å². The zero-order chi connectivity index (χ0) is 9.47. The SMILES string of the molecule is CC(NC1(C)CCOC1=O)C1CC1. The van der Waals surface area contributed by atoms with Crippen molar-refractivity contribution >= 4 is 5.97 Å². The number of carbonyl (C=O) groups excluding carboxylic acids is 1. The summed E-state index contributed by atoms with van der Waals surface area (Å²) in [6, 6.07) is 0.454. The molecule has 2 rings (SSSR count). The average molecular weight is 183 g/mol. The Morgan fingerprint density at radius 1 is 1.62 bits per heavy atom. The molecule has 1 saturated heterocycles. The second-order valence-electron chi connectivity index (χ2n) is 4.49. The number of esters is 1. The van der Waals surface area contributed by atoms with Gasteiger partial charge in [0, 0.05) is 12.5 Å². The van der Waals surface area contributed by atoms with Gasteiger partial charge in [0.15, 0.2) is 0 Å². The van der Waals surface area contributed by atoms with E-state index in [1.165, 1.54) is 12.8 Å². The van der Waals surface area contributed by atoms with Crippen molar-refractivity contribution in [3.05, 3.63) is 0 Å². The van der Waals surface area contributed by atoms with Crippen LogP contribution in [0, 0.1) is 5.92 Å². The first kappa shape index (κ1) is 9.00. The van der Waals surface area contributed by atoms with Crippen molar-refractivity contribution < 1.29 is 9.53 Å². The van der Waals surface area contributed by atoms with E-state index in [1.807, 2.05) is 6.92 Å². The van der Waals surface area contributed by atoms with Crippen molar-refractivity contribution in [2.45, 2.75) is 44.7 Å². The first-order valence-corrected chi connectivity index (χ1v) is 5.07. The Kier molecular flexibility index (Phi) is 2.06. The normalized spacial score (nSPS) is 36.0. The van der Waals surface area contributed by atoms with E-state index in [9.17, 15) is 4.79 Å². The van der Waals surface area contributed by atoms with Gasteiger partial charge in [0.25, 0.3) is 0 Å². The molecule has 1 aliphatic heterocycles. The molecule has 2 aliphatic rings. The minimum atomic E-state index is -0.415. The van der Waals surface area contributed by atoms with Gasteiger partial charge < -0.3 is 4.74 Å². The number of cyclic esters (lactones) is 1. The number of ether oxygens (including phenoxy) is 1. The summed E-state index contributed by atoms with van der Waals surface area (Å²) in [6.07, 6.45) is 3.42. The highest BCUT2D eigenvalue weighted by Crippen LogP contribution is 2.34. The molecule has 0 aromatic heterocycles. The van der Waals surface area contributed by atoms with E-state index in [2.05, 4.69) is 12.2 Å². The third-order valence-corrected chi connectivity index (χ3v) is 3.16. The van der Waals surface area contributed by atoms with Crippen LogP contribution in [-0.2, 0) is 9.53 Å². The van der Waals surface area contributed by atoms with Gasteiger partial charge in [0.1, 0.15) is 5.54 Å². The van der Waals surface area contributed by atoms with Crippen LogP contribution in [-0.4, -0.2) is 24.2 Å². The van der Waals surface area contributed by atoms with E-state index in [4.69, 9.17) is 4.74 Å². The fraction of sp³-hybridized carbons (Fsp3) is 0.900. The fourth-order valence-electron chi connectivity index (χ4n) is 1.96. The lowest BCUT2D eigenvalue weighted by molar-refractivity contribution is -0.143. The molecule has 0 radical (unpaired) electrons. The number of hydrogen-bond acceptors (Lipinski definition) is 3. The van der Waals surface area contributed by atoms with Crippen LogP contribution in [0.5, 0.6) is 0 Å². The molecule has 1 heterocycles. The predicted octanol–water partition coefficient (Wildman–Crippen LogP) is 1.08. The Hall–Kier alpha value is -0.570. The second kappa shape index (κ2) is 2.98. The Morgan fingerprint density at radius 2 is 2.31 bits per heavy atom. The van der Waals surface area contributed by atoms with E-state index in [-0.39, 0.29) is 5.97 Å². The van der Waals surface area contributed by atoms with Gasteiger partial charge >= 0.3 is 5.97 Å². The summed E-state index contributed by atoms with van der Waals surface area (Å²) in [4.78, 5) is 11.4. The molecule has 13 heavy (non-hydrogen) atoms. The molecule has 2 unspecified atom stereocenters. The van der Waals surface area contributed by atoms with E-state index in [0.717, 1.165) is 12.3 Å². The number of hydrogen-bond donors (Lipinski definition) is 1. The molecular weight excluding hydrogens is 166 g/mol. The molecule has 3 heteroatoms. The molecular formula is C10H17NO2. The topological polar surface area (TPSA) is 38.3 Å². The third kappa shape index (κ3) is 1.70. The monoisotopic (exact) mass is 183 g/mol. The summed E-state index contributed by atoms with van der Waals surface area (Å²) in [6.45, 7) is 4.68. The van der Waals surface area contributed by atoms with Crippen molar-refractivity contribution in [2.75, 3.05) is 6.61 Å². The zero-order valence-corrected chi connectivity index (χ0v) is 8.30. The first-order chi connectivity index (χ1) is 6.12. The summed E-state index contributed by atoms with van der Waals surface area (Å²) >= 11 is 0. The lowest BCUT2D eigenvalue weighted by Gasteiger charge is -2.25. The molecule has 2 atom stereocenters. The summed E-state index contributed by atoms with van der Waals surface area (Å²) in [5.41, 5.74) is -0.415. The lowest BCUT2D eigenvalue weighted by atomic mass is 9.98. The van der Waals surface area contributed by atoms with E-state index in [1.54, 1.807) is 0 Å². The van der Waals surface area contributed by atoms with Crippen LogP contribution >= 0.6 is 0 Å². The average Bonchev–Trinajstić information content (AvgIpc) is 2.82.